The molecule has 2 aromatic carbocycles. The smallest absolute Gasteiger partial charge is 0.291 e. The van der Waals surface area contributed by atoms with E-state index in [1.54, 1.807) is 7.11 Å². The zero-order valence-corrected chi connectivity index (χ0v) is 18.5. The third kappa shape index (κ3) is 3.39. The van der Waals surface area contributed by atoms with Crippen LogP contribution < -0.4 is 10.6 Å². The molecule has 2 N–H and O–H groups in total. The van der Waals surface area contributed by atoms with Crippen molar-refractivity contribution in [3.8, 4) is 0 Å². The van der Waals surface area contributed by atoms with Gasteiger partial charge in [0.1, 0.15) is 5.58 Å². The fourth-order valence-electron chi connectivity index (χ4n) is 7.00. The van der Waals surface area contributed by atoms with Gasteiger partial charge in [0.2, 0.25) is 0 Å². The van der Waals surface area contributed by atoms with E-state index in [9.17, 15) is 4.79 Å². The van der Waals surface area contributed by atoms with E-state index in [1.165, 1.54) is 38.5 Å². The Bertz CT molecular complexity index is 1130. The van der Waals surface area contributed by atoms with Gasteiger partial charge in [-0.1, -0.05) is 30.3 Å². The van der Waals surface area contributed by atoms with Crippen LogP contribution in [0.15, 0.2) is 52.9 Å². The normalized spacial score (nSPS) is 28.2. The number of hydrogen-bond acceptors (Lipinski definition) is 4. The predicted molar refractivity (Wildman–Crippen MR) is 126 cm³/mol. The Hall–Kier alpha value is -2.79. The summed E-state index contributed by atoms with van der Waals surface area (Å²) in [6, 6.07) is 15.8. The van der Waals surface area contributed by atoms with Crippen LogP contribution in [-0.4, -0.2) is 18.6 Å². The number of furan rings is 1. The first-order valence-electron chi connectivity index (χ1n) is 11.8. The molecule has 4 aliphatic rings. The number of benzene rings is 2. The average molecular weight is 431 g/mol. The maximum atomic E-state index is 13.3. The van der Waals surface area contributed by atoms with Gasteiger partial charge in [-0.2, -0.15) is 0 Å². The Morgan fingerprint density at radius 3 is 2.28 bits per heavy atom. The standard InChI is InChI=1S/C27H30N2O3/c1-31-16-21-20-6-2-5-9-24(20)32-25(21)26(30)28-22-7-3-4-8-23(22)29-27-13-17-10-18(14-27)12-19(11-17)15-27/h2-9,17-19,29H,10-16H2,1H3,(H,28,30). The van der Waals surface area contributed by atoms with Crippen molar-refractivity contribution in [2.75, 3.05) is 17.7 Å². The molecule has 5 nitrogen and oxygen atoms in total. The number of nitrogens with one attached hydrogen (secondary N) is 2. The van der Waals surface area contributed by atoms with E-state index in [0.717, 1.165) is 40.1 Å². The van der Waals surface area contributed by atoms with E-state index in [-0.39, 0.29) is 11.4 Å². The molecule has 166 valence electrons. The highest BCUT2D eigenvalue weighted by molar-refractivity contribution is 6.07. The number of carbonyl (C=O) groups is 1. The van der Waals surface area contributed by atoms with Crippen LogP contribution in [-0.2, 0) is 11.3 Å². The van der Waals surface area contributed by atoms with Crippen molar-refractivity contribution < 1.29 is 13.9 Å². The molecule has 4 bridgehead atoms. The number of para-hydroxylation sites is 3. The second-order valence-corrected chi connectivity index (χ2v) is 10.2. The van der Waals surface area contributed by atoms with Crippen LogP contribution in [0.5, 0.6) is 0 Å². The fraction of sp³-hybridized carbons (Fsp3) is 0.444. The molecule has 4 aliphatic carbocycles. The van der Waals surface area contributed by atoms with Gasteiger partial charge in [-0.15, -0.1) is 0 Å². The van der Waals surface area contributed by atoms with Gasteiger partial charge >= 0.3 is 0 Å². The fourth-order valence-corrected chi connectivity index (χ4v) is 7.00. The molecule has 5 heteroatoms. The maximum absolute atomic E-state index is 13.3. The number of methoxy groups -OCH3 is 1. The summed E-state index contributed by atoms with van der Waals surface area (Å²) in [7, 11) is 1.63. The third-order valence-corrected chi connectivity index (χ3v) is 7.81. The van der Waals surface area contributed by atoms with Gasteiger partial charge in [-0.25, -0.2) is 0 Å². The number of anilines is 2. The Labute approximate surface area is 188 Å². The molecule has 4 fully saturated rings. The lowest BCUT2D eigenvalue weighted by Gasteiger charge is -2.57. The predicted octanol–water partition coefficient (Wildman–Crippen LogP) is 6.21. The van der Waals surface area contributed by atoms with Crippen molar-refractivity contribution in [2.24, 2.45) is 17.8 Å². The first-order valence-corrected chi connectivity index (χ1v) is 11.8. The van der Waals surface area contributed by atoms with Gasteiger partial charge in [-0.05, 0) is 74.5 Å². The zero-order valence-electron chi connectivity index (χ0n) is 18.5. The van der Waals surface area contributed by atoms with Crippen LogP contribution in [0.1, 0.15) is 54.6 Å². The molecular weight excluding hydrogens is 400 g/mol. The van der Waals surface area contributed by atoms with Gasteiger partial charge < -0.3 is 19.8 Å². The highest BCUT2D eigenvalue weighted by atomic mass is 16.5. The van der Waals surface area contributed by atoms with Gasteiger partial charge in [0.05, 0.1) is 18.0 Å². The molecule has 0 atom stereocenters. The molecule has 32 heavy (non-hydrogen) atoms. The van der Waals surface area contributed by atoms with E-state index in [4.69, 9.17) is 9.15 Å². The zero-order chi connectivity index (χ0) is 21.7. The molecule has 3 aromatic rings. The third-order valence-electron chi connectivity index (χ3n) is 7.81. The van der Waals surface area contributed by atoms with Crippen LogP contribution >= 0.6 is 0 Å². The number of fused-ring (bicyclic) bond motifs is 1. The van der Waals surface area contributed by atoms with E-state index in [0.29, 0.717) is 18.0 Å². The number of hydrogen-bond donors (Lipinski definition) is 2. The molecule has 0 unspecified atom stereocenters. The van der Waals surface area contributed by atoms with E-state index >= 15 is 0 Å². The average Bonchev–Trinajstić information content (AvgIpc) is 3.13. The molecule has 7 rings (SSSR count). The maximum Gasteiger partial charge on any atom is 0.291 e. The molecular formula is C27H30N2O3. The quantitative estimate of drug-likeness (QED) is 0.488. The summed E-state index contributed by atoms with van der Waals surface area (Å²) in [6.45, 7) is 0.326. The van der Waals surface area contributed by atoms with Crippen LogP contribution in [0.4, 0.5) is 11.4 Å². The molecule has 4 saturated carbocycles. The van der Waals surface area contributed by atoms with Crippen LogP contribution in [0.2, 0.25) is 0 Å². The first kappa shape index (κ1) is 19.9. The minimum absolute atomic E-state index is 0.177. The number of ether oxygens (including phenoxy) is 1. The van der Waals surface area contributed by atoms with Gasteiger partial charge in [-0.3, -0.25) is 4.79 Å². The van der Waals surface area contributed by atoms with E-state index in [1.807, 2.05) is 42.5 Å². The van der Waals surface area contributed by atoms with Crippen molar-refractivity contribution in [3.63, 3.8) is 0 Å². The molecule has 0 aliphatic heterocycles. The SMILES string of the molecule is COCc1c(C(=O)Nc2ccccc2NC23CC4CC(CC(C4)C2)C3)oc2ccccc12. The Morgan fingerprint density at radius 2 is 1.59 bits per heavy atom. The minimum Gasteiger partial charge on any atom is -0.451 e. The molecule has 1 heterocycles. The lowest BCUT2D eigenvalue weighted by atomic mass is 9.53. The van der Waals surface area contributed by atoms with Crippen LogP contribution in [0, 0.1) is 17.8 Å². The van der Waals surface area contributed by atoms with Crippen molar-refractivity contribution in [1.29, 1.82) is 0 Å². The van der Waals surface area contributed by atoms with Gasteiger partial charge in [0.25, 0.3) is 5.91 Å². The lowest BCUT2D eigenvalue weighted by Crippen LogP contribution is -2.54. The molecule has 0 spiro atoms. The van der Waals surface area contributed by atoms with Crippen molar-refractivity contribution in [2.45, 2.75) is 50.7 Å². The minimum atomic E-state index is -0.243. The monoisotopic (exact) mass is 430 g/mol. The molecule has 1 aromatic heterocycles. The number of rotatable bonds is 6. The molecule has 0 radical (unpaired) electrons. The van der Waals surface area contributed by atoms with Crippen molar-refractivity contribution in [3.05, 3.63) is 59.9 Å². The summed E-state index contributed by atoms with van der Waals surface area (Å²) >= 11 is 0. The second-order valence-electron chi connectivity index (χ2n) is 10.2. The number of carbonyl (C=O) groups excluding carboxylic acids is 1. The summed E-state index contributed by atoms with van der Waals surface area (Å²) in [4.78, 5) is 13.3. The molecule has 1 amide bonds. The highest BCUT2D eigenvalue weighted by Gasteiger charge is 2.51. The van der Waals surface area contributed by atoms with E-state index in [2.05, 4.69) is 16.7 Å². The summed E-state index contributed by atoms with van der Waals surface area (Å²) in [6.07, 6.45) is 7.99. The Morgan fingerprint density at radius 1 is 0.969 bits per heavy atom. The summed E-state index contributed by atoms with van der Waals surface area (Å²) in [5.74, 6) is 2.67. The lowest BCUT2D eigenvalue weighted by molar-refractivity contribution is 0.0107. The van der Waals surface area contributed by atoms with Crippen molar-refractivity contribution in [1.82, 2.24) is 0 Å². The first-order chi connectivity index (χ1) is 15.6. The van der Waals surface area contributed by atoms with Gasteiger partial charge in [0, 0.05) is 23.6 Å². The highest BCUT2D eigenvalue weighted by Crippen LogP contribution is 2.56. The topological polar surface area (TPSA) is 63.5 Å². The Kier molecular flexibility index (Phi) is 4.76. The van der Waals surface area contributed by atoms with Gasteiger partial charge in [0.15, 0.2) is 5.76 Å². The number of amides is 1. The van der Waals surface area contributed by atoms with Crippen LogP contribution in [0.25, 0.3) is 11.0 Å². The van der Waals surface area contributed by atoms with Crippen molar-refractivity contribution >= 4 is 28.3 Å². The summed E-state index contributed by atoms with van der Waals surface area (Å²) in [5, 5.41) is 7.94. The summed E-state index contributed by atoms with van der Waals surface area (Å²) in [5.41, 5.74) is 3.47. The Balaban J connectivity index is 1.28. The van der Waals surface area contributed by atoms with Crippen LogP contribution in [0.3, 0.4) is 0 Å². The summed E-state index contributed by atoms with van der Waals surface area (Å²) < 4.78 is 11.3. The molecule has 0 saturated heterocycles. The largest absolute Gasteiger partial charge is 0.451 e. The van der Waals surface area contributed by atoms with E-state index < -0.39 is 0 Å². The second kappa shape index (κ2) is 7.66.